The van der Waals surface area contributed by atoms with Crippen LogP contribution in [0.5, 0.6) is 5.75 Å². The van der Waals surface area contributed by atoms with Gasteiger partial charge in [-0.25, -0.2) is 4.39 Å². The van der Waals surface area contributed by atoms with Crippen molar-refractivity contribution in [2.24, 2.45) is 5.73 Å². The van der Waals surface area contributed by atoms with Gasteiger partial charge in [0.2, 0.25) is 5.91 Å². The standard InChI is InChI=1S/C18H17FN2O4/c1-11(22)25-15-8-4-13(5-9-15)18(24)21-16(17(20)23)10-12-2-6-14(19)7-3-12/h2-9,16H,10H2,1H3,(H2,20,23)(H,21,24)/t16-/m1/s1. The highest BCUT2D eigenvalue weighted by molar-refractivity contribution is 5.97. The Morgan fingerprint density at radius 3 is 2.20 bits per heavy atom. The summed E-state index contributed by atoms with van der Waals surface area (Å²) in [5.41, 5.74) is 6.28. The summed E-state index contributed by atoms with van der Waals surface area (Å²) in [7, 11) is 0. The molecule has 25 heavy (non-hydrogen) atoms. The molecule has 0 saturated carbocycles. The largest absolute Gasteiger partial charge is 0.427 e. The maximum atomic E-state index is 12.9. The lowest BCUT2D eigenvalue weighted by Gasteiger charge is -2.16. The molecule has 1 atom stereocenters. The van der Waals surface area contributed by atoms with Crippen molar-refractivity contribution in [1.29, 1.82) is 0 Å². The average Bonchev–Trinajstić information content (AvgIpc) is 2.56. The lowest BCUT2D eigenvalue weighted by atomic mass is 10.0. The van der Waals surface area contributed by atoms with Crippen molar-refractivity contribution in [1.82, 2.24) is 5.32 Å². The van der Waals surface area contributed by atoms with E-state index in [1.165, 1.54) is 55.5 Å². The number of halogens is 1. The molecule has 6 nitrogen and oxygen atoms in total. The molecule has 0 heterocycles. The first-order valence-corrected chi connectivity index (χ1v) is 7.48. The number of carbonyl (C=O) groups excluding carboxylic acids is 3. The number of rotatable bonds is 6. The highest BCUT2D eigenvalue weighted by Gasteiger charge is 2.19. The molecule has 0 bridgehead atoms. The van der Waals surface area contributed by atoms with Crippen molar-refractivity contribution in [3.05, 3.63) is 65.5 Å². The Labute approximate surface area is 143 Å². The summed E-state index contributed by atoms with van der Waals surface area (Å²) in [4.78, 5) is 34.7. The Morgan fingerprint density at radius 2 is 1.68 bits per heavy atom. The fourth-order valence-electron chi connectivity index (χ4n) is 2.16. The van der Waals surface area contributed by atoms with Crippen LogP contribution in [0.4, 0.5) is 4.39 Å². The van der Waals surface area contributed by atoms with E-state index in [1.54, 1.807) is 0 Å². The summed E-state index contributed by atoms with van der Waals surface area (Å²) in [6.07, 6.45) is 0.146. The number of ether oxygens (including phenoxy) is 1. The Bertz CT molecular complexity index is 773. The number of nitrogens with two attached hydrogens (primary N) is 1. The second kappa shape index (κ2) is 8.05. The van der Waals surface area contributed by atoms with Gasteiger partial charge < -0.3 is 15.8 Å². The number of carbonyl (C=O) groups is 3. The van der Waals surface area contributed by atoms with Crippen LogP contribution >= 0.6 is 0 Å². The average molecular weight is 344 g/mol. The molecule has 2 amide bonds. The predicted octanol–water partition coefficient (Wildman–Crippen LogP) is 1.58. The minimum atomic E-state index is -0.939. The van der Waals surface area contributed by atoms with Crippen molar-refractivity contribution in [3.63, 3.8) is 0 Å². The maximum absolute atomic E-state index is 12.9. The lowest BCUT2D eigenvalue weighted by molar-refractivity contribution is -0.131. The molecule has 0 spiro atoms. The molecule has 0 aromatic heterocycles. The van der Waals surface area contributed by atoms with Gasteiger partial charge in [-0.15, -0.1) is 0 Å². The number of esters is 1. The molecule has 0 aliphatic carbocycles. The summed E-state index contributed by atoms with van der Waals surface area (Å²) in [5, 5.41) is 2.54. The van der Waals surface area contributed by atoms with Crippen LogP contribution in [0.3, 0.4) is 0 Å². The molecule has 0 aliphatic heterocycles. The van der Waals surface area contributed by atoms with Crippen LogP contribution < -0.4 is 15.8 Å². The third kappa shape index (κ3) is 5.42. The fraction of sp³-hybridized carbons (Fsp3) is 0.167. The Hall–Kier alpha value is -3.22. The van der Waals surface area contributed by atoms with E-state index in [2.05, 4.69) is 5.32 Å². The van der Waals surface area contributed by atoms with Gasteiger partial charge in [0, 0.05) is 18.9 Å². The van der Waals surface area contributed by atoms with Crippen LogP contribution in [0.2, 0.25) is 0 Å². The van der Waals surface area contributed by atoms with E-state index >= 15 is 0 Å². The molecule has 0 radical (unpaired) electrons. The van der Waals surface area contributed by atoms with Crippen molar-refractivity contribution < 1.29 is 23.5 Å². The monoisotopic (exact) mass is 344 g/mol. The van der Waals surface area contributed by atoms with Crippen LogP contribution in [-0.2, 0) is 16.0 Å². The van der Waals surface area contributed by atoms with E-state index in [9.17, 15) is 18.8 Å². The number of hydrogen-bond acceptors (Lipinski definition) is 4. The van der Waals surface area contributed by atoms with Crippen LogP contribution in [-0.4, -0.2) is 23.8 Å². The third-order valence-electron chi connectivity index (χ3n) is 3.38. The molecule has 0 saturated heterocycles. The minimum Gasteiger partial charge on any atom is -0.427 e. The van der Waals surface area contributed by atoms with Gasteiger partial charge >= 0.3 is 5.97 Å². The van der Waals surface area contributed by atoms with Gasteiger partial charge in [0.05, 0.1) is 0 Å². The summed E-state index contributed by atoms with van der Waals surface area (Å²) >= 11 is 0. The molecule has 0 unspecified atom stereocenters. The summed E-state index contributed by atoms with van der Waals surface area (Å²) in [5.74, 6) is -1.75. The van der Waals surface area contributed by atoms with Gasteiger partial charge in [-0.05, 0) is 42.0 Å². The van der Waals surface area contributed by atoms with Gasteiger partial charge in [0.15, 0.2) is 0 Å². The number of benzene rings is 2. The van der Waals surface area contributed by atoms with Gasteiger partial charge in [0.25, 0.3) is 5.91 Å². The van der Waals surface area contributed by atoms with Crippen molar-refractivity contribution in [3.8, 4) is 5.75 Å². The van der Waals surface area contributed by atoms with E-state index in [0.717, 1.165) is 0 Å². The smallest absolute Gasteiger partial charge is 0.308 e. The van der Waals surface area contributed by atoms with E-state index in [-0.39, 0.29) is 12.0 Å². The summed E-state index contributed by atoms with van der Waals surface area (Å²) in [6, 6.07) is 10.5. The normalized spacial score (nSPS) is 11.4. The molecule has 7 heteroatoms. The lowest BCUT2D eigenvalue weighted by Crippen LogP contribution is -2.45. The van der Waals surface area contributed by atoms with Crippen molar-refractivity contribution in [2.75, 3.05) is 0 Å². The second-order valence-corrected chi connectivity index (χ2v) is 5.38. The first kappa shape index (κ1) is 18.1. The van der Waals surface area contributed by atoms with Crippen LogP contribution in [0, 0.1) is 5.82 Å². The summed E-state index contributed by atoms with van der Waals surface area (Å²) in [6.45, 7) is 1.27. The van der Waals surface area contributed by atoms with E-state index in [1.807, 2.05) is 0 Å². The SMILES string of the molecule is CC(=O)Oc1ccc(C(=O)N[C@H](Cc2ccc(F)cc2)C(N)=O)cc1. The molecule has 0 aliphatic rings. The zero-order valence-corrected chi connectivity index (χ0v) is 13.5. The predicted molar refractivity (Wildman–Crippen MR) is 88.3 cm³/mol. The minimum absolute atomic E-state index is 0.146. The fourth-order valence-corrected chi connectivity index (χ4v) is 2.16. The number of nitrogens with one attached hydrogen (secondary N) is 1. The molecule has 130 valence electrons. The van der Waals surface area contributed by atoms with Gasteiger partial charge in [-0.2, -0.15) is 0 Å². The van der Waals surface area contributed by atoms with E-state index in [0.29, 0.717) is 11.3 Å². The number of primary amides is 1. The van der Waals surface area contributed by atoms with E-state index < -0.39 is 29.6 Å². The highest BCUT2D eigenvalue weighted by atomic mass is 19.1. The van der Waals surface area contributed by atoms with Crippen molar-refractivity contribution in [2.45, 2.75) is 19.4 Å². The first-order chi connectivity index (χ1) is 11.8. The Kier molecular flexibility index (Phi) is 5.84. The molecule has 0 fully saturated rings. The third-order valence-corrected chi connectivity index (χ3v) is 3.38. The van der Waals surface area contributed by atoms with Crippen LogP contribution in [0.25, 0.3) is 0 Å². The van der Waals surface area contributed by atoms with Gasteiger partial charge in [0.1, 0.15) is 17.6 Å². The Balaban J connectivity index is 2.05. The molecular formula is C18H17FN2O4. The van der Waals surface area contributed by atoms with Crippen LogP contribution in [0.15, 0.2) is 48.5 Å². The number of amides is 2. The zero-order valence-electron chi connectivity index (χ0n) is 13.5. The summed E-state index contributed by atoms with van der Waals surface area (Å²) < 4.78 is 17.8. The molecular weight excluding hydrogens is 327 g/mol. The first-order valence-electron chi connectivity index (χ1n) is 7.48. The molecule has 2 aromatic carbocycles. The van der Waals surface area contributed by atoms with E-state index in [4.69, 9.17) is 10.5 Å². The van der Waals surface area contributed by atoms with Gasteiger partial charge in [-0.3, -0.25) is 14.4 Å². The van der Waals surface area contributed by atoms with Crippen LogP contribution in [0.1, 0.15) is 22.8 Å². The molecule has 2 aromatic rings. The van der Waals surface area contributed by atoms with Gasteiger partial charge in [-0.1, -0.05) is 12.1 Å². The number of hydrogen-bond donors (Lipinski definition) is 2. The topological polar surface area (TPSA) is 98.5 Å². The zero-order chi connectivity index (χ0) is 18.4. The van der Waals surface area contributed by atoms with Crippen molar-refractivity contribution >= 4 is 17.8 Å². The quantitative estimate of drug-likeness (QED) is 0.614. The molecule has 3 N–H and O–H groups in total. The molecule has 2 rings (SSSR count). The Morgan fingerprint density at radius 1 is 1.08 bits per heavy atom. The highest BCUT2D eigenvalue weighted by Crippen LogP contribution is 2.13. The maximum Gasteiger partial charge on any atom is 0.308 e. The second-order valence-electron chi connectivity index (χ2n) is 5.38.